The topological polar surface area (TPSA) is 72.2 Å². The highest BCUT2D eigenvalue weighted by molar-refractivity contribution is 7.93. The molecule has 0 aromatic rings. The molecule has 106 valence electrons. The highest BCUT2D eigenvalue weighted by atomic mass is 32.2. The van der Waals surface area contributed by atoms with Gasteiger partial charge in [-0.25, -0.2) is 13.1 Å². The van der Waals surface area contributed by atoms with Gasteiger partial charge in [0.25, 0.3) is 0 Å². The lowest BCUT2D eigenvalue weighted by atomic mass is 9.84. The van der Waals surface area contributed by atoms with Gasteiger partial charge in [0.15, 0.2) is 0 Å². The molecule has 1 saturated carbocycles. The minimum Gasteiger partial charge on any atom is -0.392 e. The quantitative estimate of drug-likeness (QED) is 0.703. The van der Waals surface area contributed by atoms with Crippen molar-refractivity contribution in [2.24, 2.45) is 11.1 Å². The lowest BCUT2D eigenvalue weighted by Gasteiger charge is -2.28. The molecular weight excluding hydrogens is 268 g/mol. The van der Waals surface area contributed by atoms with Crippen molar-refractivity contribution in [3.8, 4) is 0 Å². The van der Waals surface area contributed by atoms with Crippen LogP contribution in [0.3, 0.4) is 0 Å². The first kappa shape index (κ1) is 15.9. The summed E-state index contributed by atoms with van der Waals surface area (Å²) in [6.07, 6.45) is 6.04. The second-order valence-corrected chi connectivity index (χ2v) is 7.65. The molecule has 18 heavy (non-hydrogen) atoms. The van der Waals surface area contributed by atoms with Gasteiger partial charge in [-0.15, -0.1) is 0 Å². The van der Waals surface area contributed by atoms with Crippen molar-refractivity contribution in [2.45, 2.75) is 57.6 Å². The average molecular weight is 292 g/mol. The van der Waals surface area contributed by atoms with E-state index in [0.717, 1.165) is 19.3 Å². The van der Waals surface area contributed by atoms with E-state index in [1.54, 1.807) is 6.92 Å². The molecule has 0 amide bonds. The smallest absolute Gasteiger partial charge is 0.221 e. The molecule has 1 fully saturated rings. The van der Waals surface area contributed by atoms with Crippen LogP contribution in [0.25, 0.3) is 0 Å². The van der Waals surface area contributed by atoms with Crippen molar-refractivity contribution in [2.75, 3.05) is 6.54 Å². The van der Waals surface area contributed by atoms with Gasteiger partial charge in [0.2, 0.25) is 10.0 Å². The fourth-order valence-electron chi connectivity index (χ4n) is 2.71. The second kappa shape index (κ2) is 6.30. The Morgan fingerprint density at radius 2 is 1.94 bits per heavy atom. The highest BCUT2D eigenvalue weighted by Crippen LogP contribution is 2.40. The first-order valence-electron chi connectivity index (χ1n) is 6.64. The summed E-state index contributed by atoms with van der Waals surface area (Å²) >= 11 is 4.83. The van der Waals surface area contributed by atoms with Crippen LogP contribution >= 0.6 is 12.2 Å². The highest BCUT2D eigenvalue weighted by Gasteiger charge is 2.35. The van der Waals surface area contributed by atoms with Crippen molar-refractivity contribution in [3.63, 3.8) is 0 Å². The van der Waals surface area contributed by atoms with Crippen molar-refractivity contribution < 1.29 is 8.42 Å². The van der Waals surface area contributed by atoms with Gasteiger partial charge in [0, 0.05) is 6.54 Å². The number of hydrogen-bond acceptors (Lipinski definition) is 3. The number of nitrogens with one attached hydrogen (secondary N) is 1. The molecular formula is C12H24N2O2S2. The van der Waals surface area contributed by atoms with E-state index in [4.69, 9.17) is 18.0 Å². The van der Waals surface area contributed by atoms with Gasteiger partial charge in [-0.3, -0.25) is 0 Å². The molecule has 1 atom stereocenters. The molecule has 1 unspecified atom stereocenters. The molecule has 0 aromatic heterocycles. The summed E-state index contributed by atoms with van der Waals surface area (Å²) in [4.78, 5) is 0.0574. The molecule has 1 rings (SSSR count). The first-order chi connectivity index (χ1) is 8.37. The number of rotatable bonds is 7. The molecule has 0 heterocycles. The van der Waals surface area contributed by atoms with Crippen LogP contribution in [0.2, 0.25) is 0 Å². The fourth-order valence-corrected chi connectivity index (χ4v) is 4.71. The summed E-state index contributed by atoms with van der Waals surface area (Å²) in [5.74, 6) is 0. The summed E-state index contributed by atoms with van der Waals surface area (Å²) in [5.41, 5.74) is 5.64. The Balaban J connectivity index is 2.69. The molecule has 0 bridgehead atoms. The van der Waals surface area contributed by atoms with Gasteiger partial charge in [0.05, 0.1) is 4.99 Å². The molecule has 0 saturated heterocycles. The van der Waals surface area contributed by atoms with Crippen molar-refractivity contribution in [3.05, 3.63) is 0 Å². The second-order valence-electron chi connectivity index (χ2n) is 5.23. The molecule has 6 heteroatoms. The number of hydrogen-bond donors (Lipinski definition) is 2. The average Bonchev–Trinajstić information content (AvgIpc) is 2.76. The minimum atomic E-state index is -3.42. The SMILES string of the molecule is CCC(C(N)=S)S(=O)(=O)NCC1(CC)CCCC1. The maximum atomic E-state index is 12.1. The minimum absolute atomic E-state index is 0.0574. The molecule has 0 aromatic carbocycles. The standard InChI is InChI=1S/C12H24N2O2S2/c1-3-10(11(13)17)18(15,16)14-9-12(4-2)7-5-6-8-12/h10,14H,3-9H2,1-2H3,(H2,13,17). The van der Waals surface area contributed by atoms with Crippen LogP contribution in [0.1, 0.15) is 52.4 Å². The number of nitrogens with two attached hydrogens (primary N) is 1. The fraction of sp³-hybridized carbons (Fsp3) is 0.917. The van der Waals surface area contributed by atoms with E-state index in [2.05, 4.69) is 11.6 Å². The van der Waals surface area contributed by atoms with Crippen LogP contribution in [0.5, 0.6) is 0 Å². The molecule has 1 aliphatic carbocycles. The van der Waals surface area contributed by atoms with Gasteiger partial charge in [-0.05, 0) is 31.1 Å². The summed E-state index contributed by atoms with van der Waals surface area (Å²) in [6.45, 7) is 4.43. The van der Waals surface area contributed by atoms with Gasteiger partial charge in [-0.1, -0.05) is 38.9 Å². The Bertz CT molecular complexity index is 387. The predicted molar refractivity (Wildman–Crippen MR) is 79.0 cm³/mol. The summed E-state index contributed by atoms with van der Waals surface area (Å²) in [6, 6.07) is 0. The zero-order valence-electron chi connectivity index (χ0n) is 11.2. The first-order valence-corrected chi connectivity index (χ1v) is 8.60. The van der Waals surface area contributed by atoms with Gasteiger partial charge in [-0.2, -0.15) is 0 Å². The Morgan fingerprint density at radius 1 is 1.39 bits per heavy atom. The van der Waals surface area contributed by atoms with E-state index in [-0.39, 0.29) is 10.4 Å². The van der Waals surface area contributed by atoms with Gasteiger partial charge >= 0.3 is 0 Å². The molecule has 0 spiro atoms. The molecule has 0 radical (unpaired) electrons. The van der Waals surface area contributed by atoms with E-state index in [9.17, 15) is 8.42 Å². The van der Waals surface area contributed by atoms with E-state index < -0.39 is 15.3 Å². The number of sulfonamides is 1. The Labute approximate surface area is 116 Å². The third-order valence-corrected chi connectivity index (χ3v) is 6.44. The van der Waals surface area contributed by atoms with E-state index in [0.29, 0.717) is 13.0 Å². The van der Waals surface area contributed by atoms with Crippen molar-refractivity contribution in [1.29, 1.82) is 0 Å². The Kier molecular flexibility index (Phi) is 5.55. The maximum absolute atomic E-state index is 12.1. The van der Waals surface area contributed by atoms with Crippen molar-refractivity contribution >= 4 is 27.2 Å². The van der Waals surface area contributed by atoms with Crippen LogP contribution in [-0.2, 0) is 10.0 Å². The summed E-state index contributed by atoms with van der Waals surface area (Å²) < 4.78 is 27.0. The third kappa shape index (κ3) is 3.65. The Morgan fingerprint density at radius 3 is 2.33 bits per heavy atom. The van der Waals surface area contributed by atoms with Crippen LogP contribution in [0.4, 0.5) is 0 Å². The zero-order valence-corrected chi connectivity index (χ0v) is 12.9. The van der Waals surface area contributed by atoms with Gasteiger partial charge in [0.1, 0.15) is 5.25 Å². The van der Waals surface area contributed by atoms with Gasteiger partial charge < -0.3 is 5.73 Å². The van der Waals surface area contributed by atoms with E-state index in [1.165, 1.54) is 12.8 Å². The molecule has 0 aliphatic heterocycles. The van der Waals surface area contributed by atoms with Crippen LogP contribution in [0, 0.1) is 5.41 Å². The number of thiocarbonyl (C=S) groups is 1. The van der Waals surface area contributed by atoms with Crippen LogP contribution in [-0.4, -0.2) is 25.2 Å². The zero-order chi connectivity index (χ0) is 13.8. The van der Waals surface area contributed by atoms with E-state index >= 15 is 0 Å². The molecule has 1 aliphatic rings. The van der Waals surface area contributed by atoms with Crippen molar-refractivity contribution in [1.82, 2.24) is 4.72 Å². The lowest BCUT2D eigenvalue weighted by molar-refractivity contribution is 0.285. The lowest BCUT2D eigenvalue weighted by Crippen LogP contribution is -2.45. The van der Waals surface area contributed by atoms with E-state index in [1.807, 2.05) is 0 Å². The Hall–Kier alpha value is -0.200. The third-order valence-electron chi connectivity index (χ3n) is 4.13. The maximum Gasteiger partial charge on any atom is 0.221 e. The summed E-state index contributed by atoms with van der Waals surface area (Å²) in [7, 11) is -3.42. The predicted octanol–water partition coefficient (Wildman–Crippen LogP) is 1.94. The summed E-state index contributed by atoms with van der Waals surface area (Å²) in [5, 5.41) is -0.747. The monoisotopic (exact) mass is 292 g/mol. The van der Waals surface area contributed by atoms with Crippen LogP contribution < -0.4 is 10.5 Å². The van der Waals surface area contributed by atoms with Crippen LogP contribution in [0.15, 0.2) is 0 Å². The normalized spacial score (nSPS) is 20.8. The molecule has 3 N–H and O–H groups in total. The molecule has 4 nitrogen and oxygen atoms in total. The largest absolute Gasteiger partial charge is 0.392 e.